The molecule has 6 heteroatoms. The first-order valence-electron chi connectivity index (χ1n) is 7.30. The van der Waals surface area contributed by atoms with Gasteiger partial charge in [0.2, 0.25) is 5.91 Å². The Morgan fingerprint density at radius 1 is 1.57 bits per heavy atom. The zero-order chi connectivity index (χ0) is 15.2. The maximum atomic E-state index is 13.1. The summed E-state index contributed by atoms with van der Waals surface area (Å²) in [4.78, 5) is 14.3. The molecule has 1 aromatic carbocycles. The van der Waals surface area contributed by atoms with Gasteiger partial charge in [0, 0.05) is 18.3 Å². The van der Waals surface area contributed by atoms with Gasteiger partial charge in [-0.2, -0.15) is 0 Å². The van der Waals surface area contributed by atoms with Crippen molar-refractivity contribution in [3.8, 4) is 0 Å². The molecule has 0 radical (unpaired) electrons. The van der Waals surface area contributed by atoms with Crippen molar-refractivity contribution in [2.24, 2.45) is 0 Å². The van der Waals surface area contributed by atoms with Crippen LogP contribution in [0, 0.1) is 5.82 Å². The number of carbonyl (C=O) groups excluding carboxylic acids is 1. The number of carbonyl (C=O) groups is 1. The molecule has 4 nitrogen and oxygen atoms in total. The smallest absolute Gasteiger partial charge is 0.238 e. The third-order valence-corrected chi connectivity index (χ3v) is 3.90. The predicted octanol–water partition coefficient (Wildman–Crippen LogP) is 2.49. The number of nitrogens with one attached hydrogen (secondary N) is 2. The quantitative estimate of drug-likeness (QED) is 0.848. The maximum Gasteiger partial charge on any atom is 0.238 e. The van der Waals surface area contributed by atoms with Crippen LogP contribution in [0.25, 0.3) is 0 Å². The van der Waals surface area contributed by atoms with Crippen molar-refractivity contribution in [1.29, 1.82) is 0 Å². The van der Waals surface area contributed by atoms with Gasteiger partial charge in [-0.05, 0) is 44.1 Å². The lowest BCUT2D eigenvalue weighted by Gasteiger charge is -2.27. The highest BCUT2D eigenvalue weighted by Gasteiger charge is 2.23. The van der Waals surface area contributed by atoms with Crippen LogP contribution >= 0.6 is 11.6 Å². The predicted molar refractivity (Wildman–Crippen MR) is 83.2 cm³/mol. The molecule has 1 saturated heterocycles. The lowest BCUT2D eigenvalue weighted by Crippen LogP contribution is -2.42. The third-order valence-electron chi connectivity index (χ3n) is 3.61. The standard InChI is InChI=1S/C15H21ClFN3O/c1-2-7-20(12-5-6-18-9-12)10-15(21)19-11-3-4-14(17)13(16)8-11/h3-4,8,12,18H,2,5-7,9-10H2,1H3,(H,19,21). The summed E-state index contributed by atoms with van der Waals surface area (Å²) in [5, 5.41) is 6.10. The van der Waals surface area contributed by atoms with Crippen molar-refractivity contribution >= 4 is 23.2 Å². The molecule has 0 spiro atoms. The molecule has 0 aromatic heterocycles. The second kappa shape index (κ2) is 7.73. The maximum absolute atomic E-state index is 13.1. The van der Waals surface area contributed by atoms with E-state index < -0.39 is 5.82 Å². The van der Waals surface area contributed by atoms with Crippen LogP contribution in [0.4, 0.5) is 10.1 Å². The Labute approximate surface area is 129 Å². The van der Waals surface area contributed by atoms with Gasteiger partial charge in [0.15, 0.2) is 0 Å². The van der Waals surface area contributed by atoms with Crippen LogP contribution in [-0.2, 0) is 4.79 Å². The summed E-state index contributed by atoms with van der Waals surface area (Å²) in [6, 6.07) is 4.60. The minimum atomic E-state index is -0.487. The van der Waals surface area contributed by atoms with Gasteiger partial charge in [-0.1, -0.05) is 18.5 Å². The van der Waals surface area contributed by atoms with Gasteiger partial charge in [0.25, 0.3) is 0 Å². The number of benzene rings is 1. The monoisotopic (exact) mass is 313 g/mol. The molecule has 1 amide bonds. The highest BCUT2D eigenvalue weighted by Crippen LogP contribution is 2.19. The normalized spacial score (nSPS) is 18.2. The van der Waals surface area contributed by atoms with Crippen molar-refractivity contribution in [2.45, 2.75) is 25.8 Å². The molecule has 2 N–H and O–H groups in total. The molecular weight excluding hydrogens is 293 g/mol. The highest BCUT2D eigenvalue weighted by molar-refractivity contribution is 6.31. The van der Waals surface area contributed by atoms with Gasteiger partial charge in [-0.25, -0.2) is 4.39 Å². The summed E-state index contributed by atoms with van der Waals surface area (Å²) in [6.45, 7) is 5.27. The fourth-order valence-corrected chi connectivity index (χ4v) is 2.77. The number of nitrogens with zero attached hydrogens (tertiary/aromatic N) is 1. The van der Waals surface area contributed by atoms with Gasteiger partial charge < -0.3 is 10.6 Å². The first-order valence-corrected chi connectivity index (χ1v) is 7.67. The fourth-order valence-electron chi connectivity index (χ4n) is 2.59. The molecule has 0 aliphatic carbocycles. The number of hydrogen-bond acceptors (Lipinski definition) is 3. The Hall–Kier alpha value is -1.17. The summed E-state index contributed by atoms with van der Waals surface area (Å²) < 4.78 is 13.1. The Balaban J connectivity index is 1.93. The Morgan fingerprint density at radius 3 is 3.00 bits per heavy atom. The van der Waals surface area contributed by atoms with E-state index in [-0.39, 0.29) is 10.9 Å². The second-order valence-electron chi connectivity index (χ2n) is 5.29. The molecular formula is C15H21ClFN3O. The fraction of sp³-hybridized carbons (Fsp3) is 0.533. The zero-order valence-corrected chi connectivity index (χ0v) is 12.9. The van der Waals surface area contributed by atoms with E-state index in [1.807, 2.05) is 0 Å². The average molecular weight is 314 g/mol. The SMILES string of the molecule is CCCN(CC(=O)Nc1ccc(F)c(Cl)c1)C1CCNC1. The lowest BCUT2D eigenvalue weighted by molar-refractivity contribution is -0.117. The van der Waals surface area contributed by atoms with E-state index in [0.717, 1.165) is 32.5 Å². The largest absolute Gasteiger partial charge is 0.325 e. The topological polar surface area (TPSA) is 44.4 Å². The molecule has 1 aliphatic heterocycles. The molecule has 2 rings (SSSR count). The minimum Gasteiger partial charge on any atom is -0.325 e. The summed E-state index contributed by atoms with van der Waals surface area (Å²) in [5.41, 5.74) is 0.521. The molecule has 116 valence electrons. The van der Waals surface area contributed by atoms with Gasteiger partial charge in [0.1, 0.15) is 5.82 Å². The Morgan fingerprint density at radius 2 is 2.38 bits per heavy atom. The first-order chi connectivity index (χ1) is 10.1. The molecule has 1 atom stereocenters. The van der Waals surface area contributed by atoms with E-state index in [1.165, 1.54) is 18.2 Å². The van der Waals surface area contributed by atoms with E-state index in [1.54, 1.807) is 0 Å². The molecule has 1 heterocycles. The number of rotatable bonds is 6. The molecule has 0 saturated carbocycles. The van der Waals surface area contributed by atoms with Crippen LogP contribution in [0.5, 0.6) is 0 Å². The van der Waals surface area contributed by atoms with E-state index in [2.05, 4.69) is 22.5 Å². The molecule has 1 aliphatic rings. The van der Waals surface area contributed by atoms with E-state index >= 15 is 0 Å². The summed E-state index contributed by atoms with van der Waals surface area (Å²) in [5.74, 6) is -0.586. The van der Waals surface area contributed by atoms with Crippen LogP contribution in [0.2, 0.25) is 5.02 Å². The summed E-state index contributed by atoms with van der Waals surface area (Å²) in [7, 11) is 0. The van der Waals surface area contributed by atoms with E-state index in [0.29, 0.717) is 18.3 Å². The number of anilines is 1. The van der Waals surface area contributed by atoms with Crippen molar-refractivity contribution in [3.05, 3.63) is 29.0 Å². The van der Waals surface area contributed by atoms with E-state index in [4.69, 9.17) is 11.6 Å². The number of halogens is 2. The Kier molecular flexibility index (Phi) is 5.96. The molecule has 1 unspecified atom stereocenters. The number of amides is 1. The number of hydrogen-bond donors (Lipinski definition) is 2. The molecule has 1 fully saturated rings. The van der Waals surface area contributed by atoms with Crippen LogP contribution in [0.3, 0.4) is 0 Å². The van der Waals surface area contributed by atoms with Crippen LogP contribution in [0.1, 0.15) is 19.8 Å². The van der Waals surface area contributed by atoms with Crippen molar-refractivity contribution in [2.75, 3.05) is 31.5 Å². The van der Waals surface area contributed by atoms with E-state index in [9.17, 15) is 9.18 Å². The first kappa shape index (κ1) is 16.2. The van der Waals surface area contributed by atoms with Crippen molar-refractivity contribution < 1.29 is 9.18 Å². The summed E-state index contributed by atoms with van der Waals surface area (Å²) >= 11 is 5.71. The van der Waals surface area contributed by atoms with Crippen molar-refractivity contribution in [1.82, 2.24) is 10.2 Å². The molecule has 21 heavy (non-hydrogen) atoms. The van der Waals surface area contributed by atoms with Crippen LogP contribution in [-0.4, -0.2) is 43.0 Å². The van der Waals surface area contributed by atoms with Gasteiger partial charge in [-0.15, -0.1) is 0 Å². The Bertz CT molecular complexity index is 492. The lowest BCUT2D eigenvalue weighted by atomic mass is 10.2. The zero-order valence-electron chi connectivity index (χ0n) is 12.2. The summed E-state index contributed by atoms with van der Waals surface area (Å²) in [6.07, 6.45) is 2.07. The van der Waals surface area contributed by atoms with Gasteiger partial charge >= 0.3 is 0 Å². The van der Waals surface area contributed by atoms with Gasteiger partial charge in [0.05, 0.1) is 11.6 Å². The molecule has 1 aromatic rings. The van der Waals surface area contributed by atoms with Gasteiger partial charge in [-0.3, -0.25) is 9.69 Å². The van der Waals surface area contributed by atoms with Crippen LogP contribution < -0.4 is 10.6 Å². The minimum absolute atomic E-state index is 0.0122. The third kappa shape index (κ3) is 4.66. The highest BCUT2D eigenvalue weighted by atomic mass is 35.5. The van der Waals surface area contributed by atoms with Crippen LogP contribution in [0.15, 0.2) is 18.2 Å². The second-order valence-corrected chi connectivity index (χ2v) is 5.70. The molecule has 0 bridgehead atoms. The average Bonchev–Trinajstić information content (AvgIpc) is 2.96. The van der Waals surface area contributed by atoms with Crippen molar-refractivity contribution in [3.63, 3.8) is 0 Å².